The van der Waals surface area contributed by atoms with Crippen LogP contribution in [0.2, 0.25) is 0 Å². The van der Waals surface area contributed by atoms with E-state index in [-0.39, 0.29) is 50.3 Å². The molecule has 9 nitrogen and oxygen atoms in total. The van der Waals surface area contributed by atoms with Crippen LogP contribution in [0, 0.1) is 0 Å². The third kappa shape index (κ3) is 5.12. The largest absolute Gasteiger partial charge is 0.338 e. The lowest BCUT2D eigenvalue weighted by Gasteiger charge is -2.34. The second-order valence-corrected chi connectivity index (χ2v) is 10.4. The van der Waals surface area contributed by atoms with E-state index in [0.717, 1.165) is 17.7 Å². The van der Waals surface area contributed by atoms with Gasteiger partial charge in [-0.2, -0.15) is 4.31 Å². The number of imide groups is 1. The Morgan fingerprint density at radius 3 is 2.16 bits per heavy atom. The zero-order valence-electron chi connectivity index (χ0n) is 18.7. The van der Waals surface area contributed by atoms with Crippen molar-refractivity contribution < 1.29 is 22.8 Å². The smallest absolute Gasteiger partial charge is 0.325 e. The fourth-order valence-electron chi connectivity index (χ4n) is 4.46. The highest BCUT2D eigenvalue weighted by Crippen LogP contribution is 2.28. The number of carbonyl (C=O) groups excluding carboxylic acids is 3. The molecule has 1 aromatic rings. The molecule has 0 aliphatic carbocycles. The van der Waals surface area contributed by atoms with E-state index in [0.29, 0.717) is 18.4 Å². The van der Waals surface area contributed by atoms with Crippen LogP contribution in [0.15, 0.2) is 30.3 Å². The Morgan fingerprint density at radius 1 is 1.00 bits per heavy atom. The Balaban J connectivity index is 1.57. The highest BCUT2D eigenvalue weighted by molar-refractivity contribution is 7.88. The van der Waals surface area contributed by atoms with E-state index in [1.54, 1.807) is 24.3 Å². The molecule has 2 aliphatic rings. The van der Waals surface area contributed by atoms with Gasteiger partial charge in [0.1, 0.15) is 12.1 Å². The van der Waals surface area contributed by atoms with Crippen molar-refractivity contribution in [2.45, 2.75) is 50.8 Å². The summed E-state index contributed by atoms with van der Waals surface area (Å²) in [5, 5.41) is 2.81. The van der Waals surface area contributed by atoms with E-state index in [4.69, 9.17) is 0 Å². The normalized spacial score (nSPS) is 19.3. The minimum atomic E-state index is -3.49. The first-order valence-corrected chi connectivity index (χ1v) is 12.8. The van der Waals surface area contributed by atoms with Crippen LogP contribution in [0.4, 0.5) is 4.79 Å². The molecule has 0 bridgehead atoms. The monoisotopic (exact) mass is 464 g/mol. The predicted octanol–water partition coefficient (Wildman–Crippen LogP) is 1.55. The first kappa shape index (κ1) is 24.2. The van der Waals surface area contributed by atoms with E-state index in [2.05, 4.69) is 5.32 Å². The Hall–Kier alpha value is -2.46. The SMILES string of the molecule is CCCC1(CCC)NC(=O)N(CC(=O)N2CCN(S(=O)(=O)Cc3ccccc3)CC2)C1=O. The summed E-state index contributed by atoms with van der Waals surface area (Å²) in [6.07, 6.45) is 2.56. The van der Waals surface area contributed by atoms with E-state index in [1.807, 2.05) is 19.9 Å². The van der Waals surface area contributed by atoms with Gasteiger partial charge in [-0.1, -0.05) is 57.0 Å². The van der Waals surface area contributed by atoms with Crippen molar-refractivity contribution in [1.29, 1.82) is 0 Å². The molecule has 0 saturated carbocycles. The zero-order valence-corrected chi connectivity index (χ0v) is 19.6. The van der Waals surface area contributed by atoms with Crippen molar-refractivity contribution in [2.24, 2.45) is 0 Å². The molecule has 10 heteroatoms. The number of piperazine rings is 1. The number of rotatable bonds is 9. The van der Waals surface area contributed by atoms with Crippen molar-refractivity contribution in [2.75, 3.05) is 32.7 Å². The molecular weight excluding hydrogens is 432 g/mol. The summed E-state index contributed by atoms with van der Waals surface area (Å²) in [5.74, 6) is -0.776. The first-order chi connectivity index (χ1) is 15.2. The van der Waals surface area contributed by atoms with Gasteiger partial charge in [-0.15, -0.1) is 0 Å². The van der Waals surface area contributed by atoms with Gasteiger partial charge < -0.3 is 10.2 Å². The van der Waals surface area contributed by atoms with Gasteiger partial charge in [0.15, 0.2) is 0 Å². The molecule has 32 heavy (non-hydrogen) atoms. The Bertz CT molecular complexity index is 936. The number of carbonyl (C=O) groups is 3. The van der Waals surface area contributed by atoms with Crippen molar-refractivity contribution in [3.05, 3.63) is 35.9 Å². The van der Waals surface area contributed by atoms with Crippen LogP contribution in [0.1, 0.15) is 45.1 Å². The standard InChI is InChI=1S/C22H32N4O5S/c1-3-10-22(11-4-2)20(28)26(21(29)23-22)16-19(27)24-12-14-25(15-13-24)32(30,31)17-18-8-6-5-7-9-18/h5-9H,3-4,10-17H2,1-2H3,(H,23,29). The van der Waals surface area contributed by atoms with E-state index < -0.39 is 21.6 Å². The average Bonchev–Trinajstić information content (AvgIpc) is 2.99. The summed E-state index contributed by atoms with van der Waals surface area (Å²) in [5.41, 5.74) is -0.211. The maximum Gasteiger partial charge on any atom is 0.325 e. The van der Waals surface area contributed by atoms with Crippen molar-refractivity contribution in [3.8, 4) is 0 Å². The minimum Gasteiger partial charge on any atom is -0.338 e. The van der Waals surface area contributed by atoms with Crippen molar-refractivity contribution in [3.63, 3.8) is 0 Å². The average molecular weight is 465 g/mol. The van der Waals surface area contributed by atoms with Gasteiger partial charge in [0.2, 0.25) is 15.9 Å². The van der Waals surface area contributed by atoms with Crippen molar-refractivity contribution >= 4 is 27.9 Å². The number of urea groups is 1. The van der Waals surface area contributed by atoms with Gasteiger partial charge in [0.05, 0.1) is 5.75 Å². The third-order valence-corrected chi connectivity index (χ3v) is 7.92. The van der Waals surface area contributed by atoms with E-state index >= 15 is 0 Å². The van der Waals surface area contributed by atoms with Crippen LogP contribution in [0.5, 0.6) is 0 Å². The van der Waals surface area contributed by atoms with E-state index in [9.17, 15) is 22.8 Å². The molecular formula is C22H32N4O5S. The molecule has 1 aromatic carbocycles. The molecule has 0 radical (unpaired) electrons. The lowest BCUT2D eigenvalue weighted by atomic mass is 9.88. The van der Waals surface area contributed by atoms with Crippen LogP contribution >= 0.6 is 0 Å². The van der Waals surface area contributed by atoms with Crippen LogP contribution in [-0.2, 0) is 25.4 Å². The van der Waals surface area contributed by atoms with Crippen LogP contribution < -0.4 is 5.32 Å². The summed E-state index contributed by atoms with van der Waals surface area (Å²) in [4.78, 5) is 40.8. The van der Waals surface area contributed by atoms with Gasteiger partial charge in [0.25, 0.3) is 5.91 Å². The molecule has 2 aliphatic heterocycles. The van der Waals surface area contributed by atoms with Gasteiger partial charge in [-0.3, -0.25) is 14.5 Å². The fourth-order valence-corrected chi connectivity index (χ4v) is 5.98. The summed E-state index contributed by atoms with van der Waals surface area (Å²) >= 11 is 0. The molecule has 2 saturated heterocycles. The highest BCUT2D eigenvalue weighted by Gasteiger charge is 2.50. The van der Waals surface area contributed by atoms with Crippen molar-refractivity contribution in [1.82, 2.24) is 19.4 Å². The Morgan fingerprint density at radius 2 is 1.59 bits per heavy atom. The summed E-state index contributed by atoms with van der Waals surface area (Å²) in [6, 6.07) is 8.44. The minimum absolute atomic E-state index is 0.0822. The number of nitrogens with zero attached hydrogens (tertiary/aromatic N) is 3. The topological polar surface area (TPSA) is 107 Å². The number of amides is 4. The fraction of sp³-hybridized carbons (Fsp3) is 0.591. The Labute approximate surface area is 189 Å². The quantitative estimate of drug-likeness (QED) is 0.558. The number of hydrogen-bond acceptors (Lipinski definition) is 5. The van der Waals surface area contributed by atoms with E-state index in [1.165, 1.54) is 9.21 Å². The molecule has 0 atom stereocenters. The van der Waals surface area contributed by atoms with Crippen LogP contribution in [0.25, 0.3) is 0 Å². The molecule has 3 rings (SSSR count). The molecule has 0 unspecified atom stereocenters. The summed E-state index contributed by atoms with van der Waals surface area (Å²) in [6.45, 7) is 4.42. The third-order valence-electron chi connectivity index (χ3n) is 6.07. The molecule has 2 heterocycles. The maximum absolute atomic E-state index is 13.0. The summed E-state index contributed by atoms with van der Waals surface area (Å²) < 4.78 is 26.8. The lowest BCUT2D eigenvalue weighted by Crippen LogP contribution is -2.53. The van der Waals surface area contributed by atoms with Gasteiger partial charge in [-0.05, 0) is 18.4 Å². The van der Waals surface area contributed by atoms with Gasteiger partial charge in [0, 0.05) is 26.2 Å². The van der Waals surface area contributed by atoms with Gasteiger partial charge >= 0.3 is 6.03 Å². The molecule has 0 spiro atoms. The van der Waals surface area contributed by atoms with Crippen LogP contribution in [-0.4, -0.2) is 78.6 Å². The zero-order chi connectivity index (χ0) is 23.4. The highest BCUT2D eigenvalue weighted by atomic mass is 32.2. The molecule has 2 fully saturated rings. The number of nitrogens with one attached hydrogen (secondary N) is 1. The van der Waals surface area contributed by atoms with Gasteiger partial charge in [-0.25, -0.2) is 13.2 Å². The predicted molar refractivity (Wildman–Crippen MR) is 120 cm³/mol. The number of sulfonamides is 1. The molecule has 0 aromatic heterocycles. The lowest BCUT2D eigenvalue weighted by molar-refractivity contribution is -0.139. The number of benzene rings is 1. The van der Waals surface area contributed by atoms with Crippen LogP contribution in [0.3, 0.4) is 0 Å². The molecule has 1 N–H and O–H groups in total. The summed E-state index contributed by atoms with van der Waals surface area (Å²) in [7, 11) is -3.49. The number of hydrogen-bond donors (Lipinski definition) is 1. The second kappa shape index (κ2) is 9.99. The first-order valence-electron chi connectivity index (χ1n) is 11.2. The molecule has 4 amide bonds. The second-order valence-electron chi connectivity index (χ2n) is 8.43. The maximum atomic E-state index is 13.0. The molecule has 176 valence electrons. The Kier molecular flexibility index (Phi) is 7.55.